The Morgan fingerprint density at radius 3 is 2.79 bits per heavy atom. The zero-order valence-corrected chi connectivity index (χ0v) is 17.3. The van der Waals surface area contributed by atoms with Gasteiger partial charge in [0.1, 0.15) is 0 Å². The van der Waals surface area contributed by atoms with Crippen molar-refractivity contribution in [1.29, 1.82) is 0 Å². The Morgan fingerprint density at radius 1 is 1.39 bits per heavy atom. The van der Waals surface area contributed by atoms with Crippen molar-refractivity contribution in [2.24, 2.45) is 5.92 Å². The van der Waals surface area contributed by atoms with Crippen LogP contribution in [0.15, 0.2) is 18.3 Å². The van der Waals surface area contributed by atoms with E-state index in [9.17, 15) is 13.2 Å². The topological polar surface area (TPSA) is 97.8 Å². The number of rotatable bonds is 7. The predicted octanol–water partition coefficient (Wildman–Crippen LogP) is 2.32. The molecule has 0 unspecified atom stereocenters. The largest absolute Gasteiger partial charge is 0.477 e. The molecule has 3 rings (SSSR count). The first-order chi connectivity index (χ1) is 13.3. The Labute approximate surface area is 166 Å². The maximum atomic E-state index is 12.9. The second-order valence-corrected chi connectivity index (χ2v) is 10.1. The molecule has 1 N–H and O–H groups in total. The van der Waals surface area contributed by atoms with Crippen molar-refractivity contribution >= 4 is 21.6 Å². The Bertz CT molecular complexity index is 760. The molecule has 0 saturated carbocycles. The highest BCUT2D eigenvalue weighted by molar-refractivity contribution is 7.91. The number of nitrogens with zero attached hydrogens (tertiary/aromatic N) is 2. The molecule has 1 aromatic heterocycles. The van der Waals surface area contributed by atoms with E-state index < -0.39 is 9.84 Å². The summed E-state index contributed by atoms with van der Waals surface area (Å²) in [4.78, 5) is 18.7. The number of anilines is 1. The summed E-state index contributed by atoms with van der Waals surface area (Å²) < 4.78 is 35.0. The lowest BCUT2D eigenvalue weighted by atomic mass is 10.2. The van der Waals surface area contributed by atoms with Crippen LogP contribution in [0.3, 0.4) is 0 Å². The van der Waals surface area contributed by atoms with Crippen LogP contribution in [0.1, 0.15) is 33.1 Å². The number of amides is 2. The van der Waals surface area contributed by atoms with Crippen LogP contribution < -0.4 is 10.1 Å². The van der Waals surface area contributed by atoms with Gasteiger partial charge in [-0.2, -0.15) is 0 Å². The van der Waals surface area contributed by atoms with Gasteiger partial charge >= 0.3 is 6.03 Å². The summed E-state index contributed by atoms with van der Waals surface area (Å²) in [5.74, 6) is 1.03. The number of ether oxygens (including phenoxy) is 2. The normalized spacial score (nSPS) is 23.7. The van der Waals surface area contributed by atoms with E-state index >= 15 is 0 Å². The fraction of sp³-hybridized carbons (Fsp3) is 0.684. The van der Waals surface area contributed by atoms with Crippen LogP contribution in [-0.4, -0.2) is 67.7 Å². The fourth-order valence-electron chi connectivity index (χ4n) is 3.41. The summed E-state index contributed by atoms with van der Waals surface area (Å²) in [5.41, 5.74) is 0.542. The number of nitrogens with one attached hydrogen (secondary N) is 1. The number of hydrogen-bond donors (Lipinski definition) is 1. The molecule has 2 aliphatic heterocycles. The van der Waals surface area contributed by atoms with Crippen LogP contribution >= 0.6 is 0 Å². The molecule has 0 spiro atoms. The molecule has 0 aromatic carbocycles. The van der Waals surface area contributed by atoms with Crippen LogP contribution in [0.4, 0.5) is 10.5 Å². The number of carbonyl (C=O) groups is 1. The summed E-state index contributed by atoms with van der Waals surface area (Å²) in [5, 5.41) is 2.83. The second-order valence-electron chi connectivity index (χ2n) is 7.86. The Morgan fingerprint density at radius 2 is 2.21 bits per heavy atom. The molecule has 8 nitrogen and oxygen atoms in total. The van der Waals surface area contributed by atoms with Crippen molar-refractivity contribution in [3.05, 3.63) is 18.3 Å². The highest BCUT2D eigenvalue weighted by atomic mass is 32.2. The van der Waals surface area contributed by atoms with Gasteiger partial charge in [-0.3, -0.25) is 0 Å². The van der Waals surface area contributed by atoms with Crippen molar-refractivity contribution in [3.8, 4) is 5.88 Å². The van der Waals surface area contributed by atoms with Crippen LogP contribution in [-0.2, 0) is 14.6 Å². The molecule has 28 heavy (non-hydrogen) atoms. The molecule has 2 fully saturated rings. The predicted molar refractivity (Wildman–Crippen MR) is 106 cm³/mol. The summed E-state index contributed by atoms with van der Waals surface area (Å²) in [6.07, 6.45) is 3.81. The first kappa shape index (κ1) is 20.9. The SMILES string of the molecule is CC(C)COc1ccc(NC(=O)N(C[C@H]2CCCO2)[C@H]2CCS(=O)(=O)C2)cn1. The summed E-state index contributed by atoms with van der Waals surface area (Å²) in [6.45, 7) is 5.77. The van der Waals surface area contributed by atoms with Crippen LogP contribution in [0.2, 0.25) is 0 Å². The van der Waals surface area contributed by atoms with Crippen molar-refractivity contribution in [1.82, 2.24) is 9.88 Å². The van der Waals surface area contributed by atoms with E-state index in [4.69, 9.17) is 9.47 Å². The Kier molecular flexibility index (Phi) is 6.77. The first-order valence-electron chi connectivity index (χ1n) is 9.81. The smallest absolute Gasteiger partial charge is 0.322 e. The first-order valence-corrected chi connectivity index (χ1v) is 11.6. The molecule has 2 atom stereocenters. The van der Waals surface area contributed by atoms with Gasteiger partial charge in [-0.25, -0.2) is 18.2 Å². The molecule has 1 aromatic rings. The van der Waals surface area contributed by atoms with Crippen molar-refractivity contribution < 1.29 is 22.7 Å². The van der Waals surface area contributed by atoms with E-state index in [0.717, 1.165) is 12.8 Å². The zero-order valence-electron chi connectivity index (χ0n) is 16.5. The van der Waals surface area contributed by atoms with E-state index in [1.54, 1.807) is 23.2 Å². The van der Waals surface area contributed by atoms with Gasteiger partial charge in [-0.15, -0.1) is 0 Å². The van der Waals surface area contributed by atoms with E-state index in [-0.39, 0.29) is 29.7 Å². The summed E-state index contributed by atoms with van der Waals surface area (Å²) in [7, 11) is -3.09. The molecular formula is C19H29N3O5S. The van der Waals surface area contributed by atoms with Gasteiger partial charge < -0.3 is 19.7 Å². The van der Waals surface area contributed by atoms with Crippen molar-refractivity contribution in [2.75, 3.05) is 36.6 Å². The van der Waals surface area contributed by atoms with Gasteiger partial charge in [0.25, 0.3) is 0 Å². The number of pyridine rings is 1. The van der Waals surface area contributed by atoms with Crippen LogP contribution in [0.25, 0.3) is 0 Å². The van der Waals surface area contributed by atoms with Crippen molar-refractivity contribution in [2.45, 2.75) is 45.3 Å². The van der Waals surface area contributed by atoms with E-state index in [0.29, 0.717) is 43.7 Å². The van der Waals surface area contributed by atoms with Gasteiger partial charge in [-0.05, 0) is 31.2 Å². The third-order valence-electron chi connectivity index (χ3n) is 4.89. The number of urea groups is 1. The molecule has 0 bridgehead atoms. The second kappa shape index (κ2) is 9.09. The number of carbonyl (C=O) groups excluding carboxylic acids is 1. The highest BCUT2D eigenvalue weighted by Gasteiger charge is 2.36. The third-order valence-corrected chi connectivity index (χ3v) is 6.64. The Balaban J connectivity index is 1.64. The van der Waals surface area contributed by atoms with E-state index in [2.05, 4.69) is 24.1 Å². The number of sulfone groups is 1. The zero-order chi connectivity index (χ0) is 20.1. The minimum Gasteiger partial charge on any atom is -0.477 e. The lowest BCUT2D eigenvalue weighted by Crippen LogP contribution is -2.47. The Hall–Kier alpha value is -1.87. The molecule has 156 valence electrons. The van der Waals surface area contributed by atoms with Gasteiger partial charge in [-0.1, -0.05) is 13.8 Å². The molecule has 3 heterocycles. The minimum atomic E-state index is -3.09. The van der Waals surface area contributed by atoms with Crippen LogP contribution in [0.5, 0.6) is 5.88 Å². The standard InChI is InChI=1S/C19H29N3O5S/c1-14(2)12-27-18-6-5-15(10-20-18)21-19(23)22(11-17-4-3-8-26-17)16-7-9-28(24,25)13-16/h5-6,10,14,16-17H,3-4,7-9,11-13H2,1-2H3,(H,21,23)/t16-,17+/m0/s1. The van der Waals surface area contributed by atoms with E-state index in [1.165, 1.54) is 0 Å². The number of hydrogen-bond acceptors (Lipinski definition) is 6. The van der Waals surface area contributed by atoms with Crippen LogP contribution in [0, 0.1) is 5.92 Å². The quantitative estimate of drug-likeness (QED) is 0.739. The molecule has 2 saturated heterocycles. The monoisotopic (exact) mass is 411 g/mol. The lowest BCUT2D eigenvalue weighted by molar-refractivity contribution is 0.0751. The summed E-state index contributed by atoms with van der Waals surface area (Å²) >= 11 is 0. The minimum absolute atomic E-state index is 0.00731. The van der Waals surface area contributed by atoms with Gasteiger partial charge in [0.05, 0.1) is 36.1 Å². The molecule has 0 radical (unpaired) electrons. The molecule has 2 aliphatic rings. The molecule has 9 heteroatoms. The molecular weight excluding hydrogens is 382 g/mol. The van der Waals surface area contributed by atoms with Gasteiger partial charge in [0.15, 0.2) is 9.84 Å². The van der Waals surface area contributed by atoms with Crippen molar-refractivity contribution in [3.63, 3.8) is 0 Å². The maximum absolute atomic E-state index is 12.9. The van der Waals surface area contributed by atoms with Gasteiger partial charge in [0.2, 0.25) is 5.88 Å². The lowest BCUT2D eigenvalue weighted by Gasteiger charge is -2.30. The van der Waals surface area contributed by atoms with Gasteiger partial charge in [0, 0.05) is 25.3 Å². The van der Waals surface area contributed by atoms with E-state index in [1.807, 2.05) is 0 Å². The average molecular weight is 412 g/mol. The summed E-state index contributed by atoms with van der Waals surface area (Å²) in [6, 6.07) is 2.80. The fourth-order valence-corrected chi connectivity index (χ4v) is 5.14. The highest BCUT2D eigenvalue weighted by Crippen LogP contribution is 2.22. The molecule has 0 aliphatic carbocycles. The number of aromatic nitrogens is 1. The average Bonchev–Trinajstić information content (AvgIpc) is 3.28. The maximum Gasteiger partial charge on any atom is 0.322 e. The molecule has 2 amide bonds. The third kappa shape index (κ3) is 5.81.